The van der Waals surface area contributed by atoms with Gasteiger partial charge in [0.1, 0.15) is 6.54 Å². The standard InChI is InChI=1S/C23H22N2O5/c1-3-30-22(27)13-10-16-8-11-17(12-9-16)24-21(26)15-25-14-19(23(28)29-2)18-6-4-5-7-20(18)25/h4-14H,3,15H2,1-2H3,(H,24,26)/b13-10+. The molecule has 30 heavy (non-hydrogen) atoms. The van der Waals surface area contributed by atoms with Crippen LogP contribution in [0.4, 0.5) is 5.69 Å². The molecule has 154 valence electrons. The smallest absolute Gasteiger partial charge is 0.340 e. The molecule has 7 heteroatoms. The van der Waals surface area contributed by atoms with E-state index in [4.69, 9.17) is 9.47 Å². The van der Waals surface area contributed by atoms with Crippen LogP contribution in [0, 0.1) is 0 Å². The molecule has 2 aromatic carbocycles. The topological polar surface area (TPSA) is 86.6 Å². The first-order valence-electron chi connectivity index (χ1n) is 9.42. The predicted molar refractivity (Wildman–Crippen MR) is 114 cm³/mol. The number of ether oxygens (including phenoxy) is 2. The first-order valence-corrected chi connectivity index (χ1v) is 9.42. The number of amides is 1. The van der Waals surface area contributed by atoms with Crippen molar-refractivity contribution in [3.63, 3.8) is 0 Å². The number of fused-ring (bicyclic) bond motifs is 1. The number of carbonyl (C=O) groups excluding carboxylic acids is 3. The van der Waals surface area contributed by atoms with Gasteiger partial charge in [-0.25, -0.2) is 9.59 Å². The molecule has 3 rings (SSSR count). The minimum absolute atomic E-state index is 0.0437. The Morgan fingerprint density at radius 3 is 2.50 bits per heavy atom. The van der Waals surface area contributed by atoms with Crippen molar-refractivity contribution in [2.75, 3.05) is 19.0 Å². The molecule has 0 radical (unpaired) electrons. The fourth-order valence-corrected chi connectivity index (χ4v) is 3.04. The average molecular weight is 406 g/mol. The van der Waals surface area contributed by atoms with Crippen molar-refractivity contribution in [1.82, 2.24) is 4.57 Å². The summed E-state index contributed by atoms with van der Waals surface area (Å²) in [5.74, 6) is -1.08. The summed E-state index contributed by atoms with van der Waals surface area (Å²) in [7, 11) is 1.33. The van der Waals surface area contributed by atoms with Crippen molar-refractivity contribution in [2.45, 2.75) is 13.5 Å². The van der Waals surface area contributed by atoms with Gasteiger partial charge in [0.25, 0.3) is 0 Å². The Morgan fingerprint density at radius 2 is 1.80 bits per heavy atom. The van der Waals surface area contributed by atoms with E-state index in [9.17, 15) is 14.4 Å². The van der Waals surface area contributed by atoms with Gasteiger partial charge in [0, 0.05) is 28.9 Å². The number of nitrogens with zero attached hydrogens (tertiary/aromatic N) is 1. The molecule has 0 unspecified atom stereocenters. The summed E-state index contributed by atoms with van der Waals surface area (Å²) < 4.78 is 11.4. The second kappa shape index (κ2) is 9.56. The highest BCUT2D eigenvalue weighted by molar-refractivity contribution is 6.05. The summed E-state index contributed by atoms with van der Waals surface area (Å²) in [4.78, 5) is 35.9. The van der Waals surface area contributed by atoms with Crippen LogP contribution in [0.3, 0.4) is 0 Å². The van der Waals surface area contributed by atoms with Crippen LogP contribution in [0.15, 0.2) is 60.8 Å². The van der Waals surface area contributed by atoms with E-state index in [1.54, 1.807) is 48.0 Å². The molecule has 1 heterocycles. The average Bonchev–Trinajstić information content (AvgIpc) is 3.11. The van der Waals surface area contributed by atoms with Crippen molar-refractivity contribution in [3.8, 4) is 0 Å². The van der Waals surface area contributed by atoms with E-state index in [2.05, 4.69) is 5.32 Å². The van der Waals surface area contributed by atoms with Gasteiger partial charge >= 0.3 is 11.9 Å². The van der Waals surface area contributed by atoms with E-state index in [0.717, 1.165) is 16.5 Å². The van der Waals surface area contributed by atoms with Gasteiger partial charge in [-0.3, -0.25) is 4.79 Å². The number of esters is 2. The molecule has 0 aliphatic carbocycles. The third kappa shape index (κ3) is 4.94. The molecule has 0 fully saturated rings. The van der Waals surface area contributed by atoms with Gasteiger partial charge < -0.3 is 19.4 Å². The molecule has 1 N–H and O–H groups in total. The molecule has 0 aliphatic rings. The highest BCUT2D eigenvalue weighted by Crippen LogP contribution is 2.22. The summed E-state index contributed by atoms with van der Waals surface area (Å²) in [6.45, 7) is 2.12. The Morgan fingerprint density at radius 1 is 1.07 bits per heavy atom. The molecule has 1 aromatic heterocycles. The van der Waals surface area contributed by atoms with Gasteiger partial charge in [0.05, 0.1) is 19.3 Å². The van der Waals surface area contributed by atoms with Crippen LogP contribution in [0.1, 0.15) is 22.8 Å². The lowest BCUT2D eigenvalue weighted by Gasteiger charge is -2.08. The molecule has 0 spiro atoms. The Hall–Kier alpha value is -3.87. The quantitative estimate of drug-likeness (QED) is 0.478. The molecule has 0 bridgehead atoms. The maximum atomic E-state index is 12.5. The van der Waals surface area contributed by atoms with Crippen LogP contribution in [-0.4, -0.2) is 36.1 Å². The van der Waals surface area contributed by atoms with Crippen LogP contribution in [-0.2, 0) is 25.6 Å². The van der Waals surface area contributed by atoms with Gasteiger partial charge in [-0.15, -0.1) is 0 Å². The maximum absolute atomic E-state index is 12.5. The van der Waals surface area contributed by atoms with Crippen molar-refractivity contribution >= 4 is 40.5 Å². The first-order chi connectivity index (χ1) is 14.5. The predicted octanol–water partition coefficient (Wildman–Crippen LogP) is 3.64. The number of rotatable bonds is 7. The van der Waals surface area contributed by atoms with Crippen molar-refractivity contribution in [3.05, 3.63) is 71.9 Å². The number of hydrogen-bond donors (Lipinski definition) is 1. The molecule has 0 aliphatic heterocycles. The second-order valence-electron chi connectivity index (χ2n) is 6.43. The van der Waals surface area contributed by atoms with Crippen LogP contribution < -0.4 is 5.32 Å². The normalized spacial score (nSPS) is 10.9. The molecule has 1 amide bonds. The summed E-state index contributed by atoms with van der Waals surface area (Å²) >= 11 is 0. The zero-order chi connectivity index (χ0) is 21.5. The van der Waals surface area contributed by atoms with Gasteiger partial charge in [0.15, 0.2) is 0 Å². The lowest BCUT2D eigenvalue weighted by molar-refractivity contribution is -0.137. The van der Waals surface area contributed by atoms with Crippen LogP contribution >= 0.6 is 0 Å². The molecule has 0 atom stereocenters. The number of para-hydroxylation sites is 1. The largest absolute Gasteiger partial charge is 0.465 e. The number of hydrogen-bond acceptors (Lipinski definition) is 5. The molecule has 0 saturated heterocycles. The monoisotopic (exact) mass is 406 g/mol. The Balaban J connectivity index is 1.69. The maximum Gasteiger partial charge on any atom is 0.340 e. The van der Waals surface area contributed by atoms with Crippen LogP contribution in [0.25, 0.3) is 17.0 Å². The fourth-order valence-electron chi connectivity index (χ4n) is 3.04. The summed E-state index contributed by atoms with van der Waals surface area (Å²) in [5, 5.41) is 3.56. The highest BCUT2D eigenvalue weighted by atomic mass is 16.5. The van der Waals surface area contributed by atoms with E-state index < -0.39 is 11.9 Å². The zero-order valence-corrected chi connectivity index (χ0v) is 16.8. The Kier molecular flexibility index (Phi) is 6.64. The first kappa shape index (κ1) is 20.9. The lowest BCUT2D eigenvalue weighted by Crippen LogP contribution is -2.18. The summed E-state index contributed by atoms with van der Waals surface area (Å²) in [5.41, 5.74) is 2.62. The third-order valence-corrected chi connectivity index (χ3v) is 4.40. The molecular formula is C23H22N2O5. The minimum atomic E-state index is -0.447. The molecule has 0 saturated carbocycles. The van der Waals surface area contributed by atoms with E-state index in [1.807, 2.05) is 24.3 Å². The van der Waals surface area contributed by atoms with E-state index >= 15 is 0 Å². The third-order valence-electron chi connectivity index (χ3n) is 4.40. The number of methoxy groups -OCH3 is 1. The Bertz CT molecular complexity index is 1100. The van der Waals surface area contributed by atoms with E-state index in [0.29, 0.717) is 17.9 Å². The van der Waals surface area contributed by atoms with Gasteiger partial charge in [-0.1, -0.05) is 30.3 Å². The SMILES string of the molecule is CCOC(=O)/C=C/c1ccc(NC(=O)Cn2cc(C(=O)OC)c3ccccc32)cc1. The fraction of sp³-hybridized carbons (Fsp3) is 0.174. The van der Waals surface area contributed by atoms with Crippen molar-refractivity contribution in [2.24, 2.45) is 0 Å². The van der Waals surface area contributed by atoms with E-state index in [1.165, 1.54) is 13.2 Å². The molecular weight excluding hydrogens is 384 g/mol. The van der Waals surface area contributed by atoms with Crippen LogP contribution in [0.2, 0.25) is 0 Å². The van der Waals surface area contributed by atoms with Crippen molar-refractivity contribution < 1.29 is 23.9 Å². The number of benzene rings is 2. The number of carbonyl (C=O) groups is 3. The second-order valence-corrected chi connectivity index (χ2v) is 6.43. The number of aromatic nitrogens is 1. The number of anilines is 1. The van der Waals surface area contributed by atoms with Gasteiger partial charge in [-0.2, -0.15) is 0 Å². The molecule has 7 nitrogen and oxygen atoms in total. The summed E-state index contributed by atoms with van der Waals surface area (Å²) in [6.07, 6.45) is 4.62. The summed E-state index contributed by atoms with van der Waals surface area (Å²) in [6, 6.07) is 14.4. The van der Waals surface area contributed by atoms with Gasteiger partial charge in [0.2, 0.25) is 5.91 Å². The number of nitrogens with one attached hydrogen (secondary N) is 1. The Labute approximate surface area is 173 Å². The van der Waals surface area contributed by atoms with E-state index in [-0.39, 0.29) is 12.5 Å². The highest BCUT2D eigenvalue weighted by Gasteiger charge is 2.16. The van der Waals surface area contributed by atoms with Gasteiger partial charge in [-0.05, 0) is 36.8 Å². The minimum Gasteiger partial charge on any atom is -0.465 e. The van der Waals surface area contributed by atoms with Crippen LogP contribution in [0.5, 0.6) is 0 Å². The molecule has 3 aromatic rings. The van der Waals surface area contributed by atoms with Crippen molar-refractivity contribution in [1.29, 1.82) is 0 Å². The lowest BCUT2D eigenvalue weighted by atomic mass is 10.2. The zero-order valence-electron chi connectivity index (χ0n) is 16.8.